The molecule has 2 heteroatoms. The van der Waals surface area contributed by atoms with Crippen LogP contribution in [0.4, 0.5) is 0 Å². The van der Waals surface area contributed by atoms with Gasteiger partial charge >= 0.3 is 0 Å². The Bertz CT molecular complexity index is 175. The van der Waals surface area contributed by atoms with Crippen LogP contribution >= 0.6 is 0 Å². The molecule has 2 saturated heterocycles. The summed E-state index contributed by atoms with van der Waals surface area (Å²) in [7, 11) is 1.70. The molecule has 0 aromatic carbocycles. The lowest BCUT2D eigenvalue weighted by molar-refractivity contribution is 0.258. The molecule has 2 heterocycles. The van der Waals surface area contributed by atoms with E-state index in [0.29, 0.717) is 0 Å². The van der Waals surface area contributed by atoms with Gasteiger partial charge in [0.05, 0.1) is 8.07 Å². The minimum atomic E-state index is -0.643. The van der Waals surface area contributed by atoms with Gasteiger partial charge in [0.25, 0.3) is 0 Å². The second kappa shape index (κ2) is 2.84. The summed E-state index contributed by atoms with van der Waals surface area (Å²) in [5.41, 5.74) is 0. The third-order valence-electron chi connectivity index (χ3n) is 3.98. The minimum Gasteiger partial charge on any atom is -0.306 e. The van der Waals surface area contributed by atoms with Crippen LogP contribution < -0.4 is 0 Å². The number of hydrogen-bond donors (Lipinski definition) is 0. The molecule has 2 rings (SSSR count). The molecule has 0 aromatic rings. The molecular formula is C10H21NSi. The second-order valence-electron chi connectivity index (χ2n) is 5.28. The summed E-state index contributed by atoms with van der Waals surface area (Å²) in [6.07, 6.45) is 3.06. The first-order valence-corrected chi connectivity index (χ1v) is 8.16. The van der Waals surface area contributed by atoms with E-state index in [0.717, 1.165) is 12.0 Å². The standard InChI is InChI=1S/C10H21NSi/c1-9(2)10-7-12(5-4-6-12)8-11(10)3/h9-10H,4-8H2,1-3H3/t10-/m1/s1. The van der Waals surface area contributed by atoms with Gasteiger partial charge in [0, 0.05) is 6.04 Å². The van der Waals surface area contributed by atoms with E-state index >= 15 is 0 Å². The Balaban J connectivity index is 2.02. The predicted octanol–water partition coefficient (Wildman–Crippen LogP) is 2.35. The van der Waals surface area contributed by atoms with Crippen LogP contribution in [0.15, 0.2) is 0 Å². The molecule has 0 bridgehead atoms. The highest BCUT2D eigenvalue weighted by Crippen LogP contribution is 2.43. The third kappa shape index (κ3) is 1.25. The molecular weight excluding hydrogens is 162 g/mol. The van der Waals surface area contributed by atoms with Crippen molar-refractivity contribution in [2.45, 2.75) is 44.4 Å². The van der Waals surface area contributed by atoms with Crippen LogP contribution in [0.2, 0.25) is 18.1 Å². The lowest BCUT2D eigenvalue weighted by Gasteiger charge is -2.35. The molecule has 2 aliphatic rings. The first-order chi connectivity index (χ1) is 5.63. The summed E-state index contributed by atoms with van der Waals surface area (Å²) in [5.74, 6) is 0.877. The first-order valence-electron chi connectivity index (χ1n) is 5.33. The third-order valence-corrected chi connectivity index (χ3v) is 9.26. The van der Waals surface area contributed by atoms with Crippen molar-refractivity contribution in [1.29, 1.82) is 0 Å². The van der Waals surface area contributed by atoms with Crippen LogP contribution in [0.5, 0.6) is 0 Å². The highest BCUT2D eigenvalue weighted by molar-refractivity contribution is 6.83. The fraction of sp³-hybridized carbons (Fsp3) is 1.00. The summed E-state index contributed by atoms with van der Waals surface area (Å²) >= 11 is 0. The number of hydrogen-bond acceptors (Lipinski definition) is 1. The van der Waals surface area contributed by atoms with Crippen LogP contribution in [-0.4, -0.2) is 32.2 Å². The molecule has 0 unspecified atom stereocenters. The maximum Gasteiger partial charge on any atom is 0.0705 e. The van der Waals surface area contributed by atoms with Gasteiger partial charge in [0.15, 0.2) is 0 Å². The van der Waals surface area contributed by atoms with E-state index in [2.05, 4.69) is 25.8 Å². The maximum atomic E-state index is 2.65. The number of rotatable bonds is 1. The van der Waals surface area contributed by atoms with Crippen molar-refractivity contribution in [3.05, 3.63) is 0 Å². The van der Waals surface area contributed by atoms with Crippen LogP contribution in [0.3, 0.4) is 0 Å². The maximum absolute atomic E-state index is 2.65. The molecule has 0 aromatic heterocycles. The lowest BCUT2D eigenvalue weighted by atomic mass is 10.1. The molecule has 12 heavy (non-hydrogen) atoms. The van der Waals surface area contributed by atoms with Gasteiger partial charge in [-0.2, -0.15) is 0 Å². The predicted molar refractivity (Wildman–Crippen MR) is 56.0 cm³/mol. The zero-order valence-electron chi connectivity index (χ0n) is 8.64. The fourth-order valence-electron chi connectivity index (χ4n) is 3.09. The first kappa shape index (κ1) is 8.76. The smallest absolute Gasteiger partial charge is 0.0705 e. The fourth-order valence-corrected chi connectivity index (χ4v) is 8.26. The average molecular weight is 183 g/mol. The topological polar surface area (TPSA) is 3.24 Å². The van der Waals surface area contributed by atoms with Gasteiger partial charge in [0.1, 0.15) is 0 Å². The second-order valence-corrected chi connectivity index (χ2v) is 10.0. The molecule has 0 amide bonds. The Morgan fingerprint density at radius 1 is 1.33 bits per heavy atom. The van der Waals surface area contributed by atoms with E-state index in [1.165, 1.54) is 6.17 Å². The molecule has 0 saturated carbocycles. The molecule has 1 nitrogen and oxygen atoms in total. The van der Waals surface area contributed by atoms with Crippen molar-refractivity contribution in [2.75, 3.05) is 13.2 Å². The van der Waals surface area contributed by atoms with Crippen LogP contribution in [0.1, 0.15) is 20.3 Å². The van der Waals surface area contributed by atoms with Gasteiger partial charge < -0.3 is 4.90 Å². The summed E-state index contributed by atoms with van der Waals surface area (Å²) in [4.78, 5) is 2.65. The van der Waals surface area contributed by atoms with E-state index in [1.807, 2.05) is 0 Å². The molecule has 0 N–H and O–H groups in total. The van der Waals surface area contributed by atoms with Gasteiger partial charge in [-0.15, -0.1) is 0 Å². The molecule has 1 atom stereocenters. The summed E-state index contributed by atoms with van der Waals surface area (Å²) in [6, 6.07) is 5.82. The monoisotopic (exact) mass is 183 g/mol. The lowest BCUT2D eigenvalue weighted by Crippen LogP contribution is -2.43. The van der Waals surface area contributed by atoms with E-state index < -0.39 is 8.07 Å². The molecule has 0 aliphatic carbocycles. The summed E-state index contributed by atoms with van der Waals surface area (Å²) < 4.78 is 0. The summed E-state index contributed by atoms with van der Waals surface area (Å²) in [5, 5.41) is 0. The van der Waals surface area contributed by atoms with Gasteiger partial charge in [-0.3, -0.25) is 0 Å². The van der Waals surface area contributed by atoms with E-state index in [9.17, 15) is 0 Å². The van der Waals surface area contributed by atoms with Crippen molar-refractivity contribution < 1.29 is 0 Å². The van der Waals surface area contributed by atoms with Crippen molar-refractivity contribution in [3.8, 4) is 0 Å². The van der Waals surface area contributed by atoms with Crippen LogP contribution in [0.25, 0.3) is 0 Å². The minimum absolute atomic E-state index is 0.643. The van der Waals surface area contributed by atoms with Gasteiger partial charge in [-0.1, -0.05) is 32.4 Å². The molecule has 1 spiro atoms. The molecule has 0 radical (unpaired) electrons. The highest BCUT2D eigenvalue weighted by atomic mass is 28.3. The Morgan fingerprint density at radius 3 is 2.25 bits per heavy atom. The normalized spacial score (nSPS) is 34.5. The van der Waals surface area contributed by atoms with E-state index in [1.54, 1.807) is 24.6 Å². The quantitative estimate of drug-likeness (QED) is 0.564. The van der Waals surface area contributed by atoms with E-state index in [4.69, 9.17) is 0 Å². The van der Waals surface area contributed by atoms with E-state index in [-0.39, 0.29) is 0 Å². The summed E-state index contributed by atoms with van der Waals surface area (Å²) in [6.45, 7) is 4.76. The Kier molecular flexibility index (Phi) is 2.08. The Labute approximate surface area is 77.2 Å². The zero-order valence-corrected chi connectivity index (χ0v) is 9.64. The van der Waals surface area contributed by atoms with Gasteiger partial charge in [-0.05, 0) is 25.2 Å². The van der Waals surface area contributed by atoms with Crippen LogP contribution in [-0.2, 0) is 0 Å². The zero-order chi connectivity index (χ0) is 8.77. The molecule has 70 valence electrons. The largest absolute Gasteiger partial charge is 0.306 e. The number of nitrogens with zero attached hydrogens (tertiary/aromatic N) is 1. The van der Waals surface area contributed by atoms with Gasteiger partial charge in [0.2, 0.25) is 0 Å². The van der Waals surface area contributed by atoms with Crippen molar-refractivity contribution in [3.63, 3.8) is 0 Å². The van der Waals surface area contributed by atoms with Gasteiger partial charge in [-0.25, -0.2) is 0 Å². The van der Waals surface area contributed by atoms with Crippen molar-refractivity contribution in [1.82, 2.24) is 4.90 Å². The average Bonchev–Trinajstić information content (AvgIpc) is 2.26. The Morgan fingerprint density at radius 2 is 2.00 bits per heavy atom. The SMILES string of the molecule is CC(C)[C@H]1C[Si]2(CCC2)CN1C. The van der Waals surface area contributed by atoms with Crippen LogP contribution in [0, 0.1) is 5.92 Å². The highest BCUT2D eigenvalue weighted by Gasteiger charge is 2.48. The van der Waals surface area contributed by atoms with Crippen molar-refractivity contribution in [2.24, 2.45) is 5.92 Å². The molecule has 2 fully saturated rings. The molecule has 2 aliphatic heterocycles. The Hall–Kier alpha value is 0.177. The van der Waals surface area contributed by atoms with Crippen molar-refractivity contribution >= 4 is 8.07 Å².